The molecule has 0 spiro atoms. The van der Waals surface area contributed by atoms with Gasteiger partial charge in [-0.2, -0.15) is 0 Å². The summed E-state index contributed by atoms with van der Waals surface area (Å²) in [6.45, 7) is 6.12. The van der Waals surface area contributed by atoms with Crippen LogP contribution in [0.15, 0.2) is 54.1 Å². The van der Waals surface area contributed by atoms with Gasteiger partial charge < -0.3 is 9.80 Å². The SMILES string of the molecule is CC(=O)N1CCCCC1CCCN1CCC(=C2c3ccccc3C=Cc3ccccc32)CC1.Cl. The van der Waals surface area contributed by atoms with Crippen LogP contribution in [0.25, 0.3) is 17.7 Å². The summed E-state index contributed by atoms with van der Waals surface area (Å²) in [5.41, 5.74) is 8.46. The minimum atomic E-state index is 0. The van der Waals surface area contributed by atoms with E-state index in [1.165, 1.54) is 53.5 Å². The first-order valence-electron chi connectivity index (χ1n) is 12.8. The zero-order chi connectivity index (χ0) is 22.6. The van der Waals surface area contributed by atoms with Crippen LogP contribution in [0.1, 0.15) is 74.1 Å². The maximum atomic E-state index is 12.0. The largest absolute Gasteiger partial charge is 0.340 e. The van der Waals surface area contributed by atoms with Crippen molar-refractivity contribution >= 4 is 36.0 Å². The van der Waals surface area contributed by atoms with Crippen molar-refractivity contribution in [3.8, 4) is 0 Å². The Morgan fingerprint density at radius 3 is 2.12 bits per heavy atom. The predicted molar refractivity (Wildman–Crippen MR) is 145 cm³/mol. The van der Waals surface area contributed by atoms with Crippen molar-refractivity contribution in [3.05, 3.63) is 76.4 Å². The smallest absolute Gasteiger partial charge is 0.219 e. The second-order valence-corrected chi connectivity index (χ2v) is 9.83. The second kappa shape index (κ2) is 11.4. The highest BCUT2D eigenvalue weighted by Crippen LogP contribution is 2.38. The van der Waals surface area contributed by atoms with Crippen LogP contribution in [0.2, 0.25) is 0 Å². The minimum absolute atomic E-state index is 0. The number of nitrogens with zero attached hydrogens (tertiary/aromatic N) is 2. The van der Waals surface area contributed by atoms with Gasteiger partial charge in [-0.1, -0.05) is 66.3 Å². The first-order valence-corrected chi connectivity index (χ1v) is 12.8. The van der Waals surface area contributed by atoms with Gasteiger partial charge in [-0.3, -0.25) is 4.79 Å². The average Bonchev–Trinajstić information content (AvgIpc) is 3.02. The number of piperidine rings is 2. The van der Waals surface area contributed by atoms with Crippen molar-refractivity contribution < 1.29 is 4.79 Å². The lowest BCUT2D eigenvalue weighted by molar-refractivity contribution is -0.132. The van der Waals surface area contributed by atoms with Crippen LogP contribution in [0.3, 0.4) is 0 Å². The normalized spacial score (nSPS) is 20.3. The van der Waals surface area contributed by atoms with E-state index in [1.807, 2.05) is 0 Å². The summed E-state index contributed by atoms with van der Waals surface area (Å²) in [4.78, 5) is 16.7. The molecule has 0 N–H and O–H groups in total. The number of benzene rings is 2. The Bertz CT molecular complexity index is 1010. The zero-order valence-electron chi connectivity index (χ0n) is 20.3. The van der Waals surface area contributed by atoms with E-state index >= 15 is 0 Å². The molecule has 1 atom stereocenters. The molecule has 1 amide bonds. The Labute approximate surface area is 210 Å². The fraction of sp³-hybridized carbons (Fsp3) is 0.433. The van der Waals surface area contributed by atoms with Crippen molar-refractivity contribution in [1.29, 1.82) is 0 Å². The predicted octanol–water partition coefficient (Wildman–Crippen LogP) is 6.67. The molecular formula is C30H37ClN2O. The first kappa shape index (κ1) is 24.8. The molecular weight excluding hydrogens is 440 g/mol. The molecule has 2 saturated heterocycles. The van der Waals surface area contributed by atoms with Crippen LogP contribution in [-0.4, -0.2) is 47.9 Å². The maximum absolute atomic E-state index is 12.0. The summed E-state index contributed by atoms with van der Waals surface area (Å²) in [5.74, 6) is 0.257. The van der Waals surface area contributed by atoms with Gasteiger partial charge in [-0.25, -0.2) is 0 Å². The number of fused-ring (bicyclic) bond motifs is 2. The van der Waals surface area contributed by atoms with Gasteiger partial charge in [0.2, 0.25) is 5.91 Å². The molecule has 2 aromatic rings. The van der Waals surface area contributed by atoms with Gasteiger partial charge in [0.1, 0.15) is 0 Å². The molecule has 0 saturated carbocycles. The standard InChI is InChI=1S/C30H36N2O.ClH/c1-23(33)32-20-7-6-11-27(32)12-8-19-31-21-17-26(18-22-31)30-28-13-4-2-9-24(28)15-16-25-10-3-5-14-29(25)30;/h2-5,9-10,13-16,27H,6-8,11-12,17-22H2,1H3;1H. The third-order valence-corrected chi connectivity index (χ3v) is 7.76. The molecule has 2 heterocycles. The topological polar surface area (TPSA) is 23.6 Å². The fourth-order valence-corrected chi connectivity index (χ4v) is 6.01. The van der Waals surface area contributed by atoms with Gasteiger partial charge in [0.25, 0.3) is 0 Å². The summed E-state index contributed by atoms with van der Waals surface area (Å²) < 4.78 is 0. The molecule has 2 fully saturated rings. The summed E-state index contributed by atoms with van der Waals surface area (Å²) in [6.07, 6.45) is 12.8. The van der Waals surface area contributed by atoms with Crippen molar-refractivity contribution in [2.45, 2.75) is 57.9 Å². The molecule has 34 heavy (non-hydrogen) atoms. The second-order valence-electron chi connectivity index (χ2n) is 9.83. The average molecular weight is 477 g/mol. The maximum Gasteiger partial charge on any atom is 0.219 e. The number of rotatable bonds is 4. The van der Waals surface area contributed by atoms with Crippen molar-refractivity contribution in [1.82, 2.24) is 9.80 Å². The molecule has 2 aliphatic heterocycles. The van der Waals surface area contributed by atoms with Crippen LogP contribution in [-0.2, 0) is 4.79 Å². The van der Waals surface area contributed by atoms with Gasteiger partial charge >= 0.3 is 0 Å². The third kappa shape index (κ3) is 5.31. The number of hydrogen-bond donors (Lipinski definition) is 0. The number of likely N-dealkylation sites (tertiary alicyclic amines) is 2. The monoisotopic (exact) mass is 476 g/mol. The van der Waals surface area contributed by atoms with Crippen molar-refractivity contribution in [2.24, 2.45) is 0 Å². The Balaban J connectivity index is 0.00000274. The van der Waals surface area contributed by atoms with Crippen LogP contribution in [0.4, 0.5) is 0 Å². The lowest BCUT2D eigenvalue weighted by Crippen LogP contribution is -2.43. The van der Waals surface area contributed by atoms with Gasteiger partial charge in [-0.05, 0) is 79.3 Å². The molecule has 180 valence electrons. The Morgan fingerprint density at radius 1 is 0.882 bits per heavy atom. The van der Waals surface area contributed by atoms with E-state index in [4.69, 9.17) is 0 Å². The highest BCUT2D eigenvalue weighted by Gasteiger charge is 2.25. The number of amides is 1. The van der Waals surface area contributed by atoms with E-state index in [0.29, 0.717) is 6.04 Å². The molecule has 3 nitrogen and oxygen atoms in total. The molecule has 0 radical (unpaired) electrons. The Morgan fingerprint density at radius 2 is 1.50 bits per heavy atom. The van der Waals surface area contributed by atoms with Crippen LogP contribution < -0.4 is 0 Å². The Kier molecular flexibility index (Phi) is 8.28. The lowest BCUT2D eigenvalue weighted by atomic mass is 9.86. The molecule has 0 aromatic heterocycles. The minimum Gasteiger partial charge on any atom is -0.340 e. The molecule has 5 rings (SSSR count). The van der Waals surface area contributed by atoms with Crippen LogP contribution in [0.5, 0.6) is 0 Å². The molecule has 1 aliphatic carbocycles. The number of carbonyl (C=O) groups excluding carboxylic acids is 1. The third-order valence-electron chi connectivity index (χ3n) is 7.76. The quantitative estimate of drug-likeness (QED) is 0.419. The summed E-state index contributed by atoms with van der Waals surface area (Å²) in [7, 11) is 0. The highest BCUT2D eigenvalue weighted by molar-refractivity contribution is 5.94. The van der Waals surface area contributed by atoms with E-state index in [1.54, 1.807) is 12.5 Å². The molecule has 4 heteroatoms. The van der Waals surface area contributed by atoms with E-state index in [9.17, 15) is 4.79 Å². The van der Waals surface area contributed by atoms with E-state index < -0.39 is 0 Å². The molecule has 1 unspecified atom stereocenters. The van der Waals surface area contributed by atoms with Gasteiger partial charge in [0.05, 0.1) is 0 Å². The van der Waals surface area contributed by atoms with E-state index in [-0.39, 0.29) is 18.3 Å². The van der Waals surface area contributed by atoms with E-state index in [2.05, 4.69) is 70.5 Å². The summed E-state index contributed by atoms with van der Waals surface area (Å²) in [5, 5.41) is 0. The van der Waals surface area contributed by atoms with Crippen molar-refractivity contribution in [3.63, 3.8) is 0 Å². The van der Waals surface area contributed by atoms with Crippen molar-refractivity contribution in [2.75, 3.05) is 26.2 Å². The van der Waals surface area contributed by atoms with E-state index in [0.717, 1.165) is 45.4 Å². The number of halogens is 1. The van der Waals surface area contributed by atoms with Crippen LogP contribution >= 0.6 is 12.4 Å². The fourth-order valence-electron chi connectivity index (χ4n) is 6.01. The molecule has 0 bridgehead atoms. The highest BCUT2D eigenvalue weighted by atomic mass is 35.5. The Hall–Kier alpha value is -2.36. The summed E-state index contributed by atoms with van der Waals surface area (Å²) in [6, 6.07) is 18.2. The van der Waals surface area contributed by atoms with Gasteiger partial charge in [0, 0.05) is 32.6 Å². The summed E-state index contributed by atoms with van der Waals surface area (Å²) >= 11 is 0. The first-order chi connectivity index (χ1) is 16.2. The van der Waals surface area contributed by atoms with Gasteiger partial charge in [0.15, 0.2) is 0 Å². The van der Waals surface area contributed by atoms with Gasteiger partial charge in [-0.15, -0.1) is 12.4 Å². The number of carbonyl (C=O) groups is 1. The zero-order valence-corrected chi connectivity index (χ0v) is 21.2. The molecule has 3 aliphatic rings. The molecule has 2 aromatic carbocycles. The lowest BCUT2D eigenvalue weighted by Gasteiger charge is -2.36. The number of hydrogen-bond acceptors (Lipinski definition) is 2. The van der Waals surface area contributed by atoms with Crippen LogP contribution in [0, 0.1) is 0 Å².